The second kappa shape index (κ2) is 7.74. The lowest BCUT2D eigenvalue weighted by molar-refractivity contribution is 0.251. The summed E-state index contributed by atoms with van der Waals surface area (Å²) in [6.45, 7) is 2.23. The van der Waals surface area contributed by atoms with Crippen molar-refractivity contribution in [3.8, 4) is 11.5 Å². The first kappa shape index (κ1) is 17.0. The van der Waals surface area contributed by atoms with Gasteiger partial charge in [-0.05, 0) is 30.2 Å². The summed E-state index contributed by atoms with van der Waals surface area (Å²) in [6, 6.07) is 10.6. The van der Waals surface area contributed by atoms with Crippen molar-refractivity contribution in [3.05, 3.63) is 52.5 Å². The normalized spacial score (nSPS) is 10.1. The predicted octanol–water partition coefficient (Wildman–Crippen LogP) is 3.99. The number of hydrogen-bond donors (Lipinski definition) is 2. The lowest BCUT2D eigenvalue weighted by Gasteiger charge is -2.14. The number of halogens is 1. The number of hydrogen-bond acceptors (Lipinski definition) is 3. The minimum absolute atomic E-state index is 0.319. The zero-order valence-corrected chi connectivity index (χ0v) is 14.0. The van der Waals surface area contributed by atoms with Gasteiger partial charge in [0.2, 0.25) is 0 Å². The average Bonchev–Trinajstić information content (AvgIpc) is 2.55. The minimum atomic E-state index is -0.319. The number of urea groups is 1. The van der Waals surface area contributed by atoms with Gasteiger partial charge in [0.25, 0.3) is 0 Å². The molecule has 2 aromatic carbocycles. The Morgan fingerprint density at radius 3 is 2.43 bits per heavy atom. The first-order valence-electron chi connectivity index (χ1n) is 7.06. The monoisotopic (exact) mass is 334 g/mol. The van der Waals surface area contributed by atoms with Crippen LogP contribution in [-0.4, -0.2) is 20.3 Å². The van der Waals surface area contributed by atoms with E-state index >= 15 is 0 Å². The molecular formula is C17H19ClN2O3. The van der Waals surface area contributed by atoms with Crippen molar-refractivity contribution in [1.29, 1.82) is 0 Å². The van der Waals surface area contributed by atoms with E-state index in [1.807, 2.05) is 31.2 Å². The number of nitrogens with one attached hydrogen (secondary N) is 2. The number of aryl methyl sites for hydroxylation is 1. The molecule has 0 fully saturated rings. The highest BCUT2D eigenvalue weighted by Gasteiger charge is 2.11. The highest BCUT2D eigenvalue weighted by Crippen LogP contribution is 2.32. The van der Waals surface area contributed by atoms with Gasteiger partial charge in [0.1, 0.15) is 0 Å². The molecule has 2 amide bonds. The predicted molar refractivity (Wildman–Crippen MR) is 91.6 cm³/mol. The molecule has 6 heteroatoms. The van der Waals surface area contributed by atoms with Crippen LogP contribution in [0, 0.1) is 6.92 Å². The lowest BCUT2D eigenvalue weighted by Crippen LogP contribution is -2.28. The summed E-state index contributed by atoms with van der Waals surface area (Å²) in [7, 11) is 3.12. The Morgan fingerprint density at radius 1 is 1.13 bits per heavy atom. The zero-order chi connectivity index (χ0) is 16.8. The highest BCUT2D eigenvalue weighted by molar-refractivity contribution is 6.31. The van der Waals surface area contributed by atoms with Crippen LogP contribution in [0.2, 0.25) is 5.02 Å². The van der Waals surface area contributed by atoms with Crippen LogP contribution >= 0.6 is 11.6 Å². The van der Waals surface area contributed by atoms with Crippen LogP contribution in [0.3, 0.4) is 0 Å². The topological polar surface area (TPSA) is 59.6 Å². The van der Waals surface area contributed by atoms with Crippen molar-refractivity contribution in [2.75, 3.05) is 19.5 Å². The van der Waals surface area contributed by atoms with Gasteiger partial charge in [-0.1, -0.05) is 29.8 Å². The quantitative estimate of drug-likeness (QED) is 0.869. The van der Waals surface area contributed by atoms with Crippen molar-refractivity contribution in [2.24, 2.45) is 0 Å². The van der Waals surface area contributed by atoms with E-state index in [4.69, 9.17) is 21.1 Å². The van der Waals surface area contributed by atoms with E-state index in [-0.39, 0.29) is 6.03 Å². The highest BCUT2D eigenvalue weighted by atomic mass is 35.5. The summed E-state index contributed by atoms with van der Waals surface area (Å²) in [6.07, 6.45) is 0. The van der Waals surface area contributed by atoms with Gasteiger partial charge in [0, 0.05) is 23.3 Å². The van der Waals surface area contributed by atoms with Gasteiger partial charge in [-0.25, -0.2) is 4.79 Å². The van der Waals surface area contributed by atoms with Crippen LogP contribution in [0.4, 0.5) is 10.5 Å². The second-order valence-corrected chi connectivity index (χ2v) is 5.33. The number of carbonyl (C=O) groups excluding carboxylic acids is 1. The molecule has 0 saturated carbocycles. The Bertz CT molecular complexity index is 704. The molecule has 2 aromatic rings. The molecule has 0 heterocycles. The maximum atomic E-state index is 12.1. The molecule has 2 N–H and O–H groups in total. The molecule has 0 unspecified atom stereocenters. The molecular weight excluding hydrogens is 316 g/mol. The van der Waals surface area contributed by atoms with Crippen molar-refractivity contribution < 1.29 is 14.3 Å². The fourth-order valence-corrected chi connectivity index (χ4v) is 2.30. The van der Waals surface area contributed by atoms with Crippen LogP contribution in [0.25, 0.3) is 0 Å². The zero-order valence-electron chi connectivity index (χ0n) is 13.3. The van der Waals surface area contributed by atoms with Gasteiger partial charge in [0.05, 0.1) is 14.2 Å². The molecule has 0 aliphatic rings. The second-order valence-electron chi connectivity index (χ2n) is 4.92. The van der Waals surface area contributed by atoms with Gasteiger partial charge in [-0.15, -0.1) is 0 Å². The Morgan fingerprint density at radius 2 is 1.78 bits per heavy atom. The fourth-order valence-electron chi connectivity index (χ4n) is 2.10. The minimum Gasteiger partial charge on any atom is -0.493 e. The van der Waals surface area contributed by atoms with Gasteiger partial charge < -0.3 is 20.1 Å². The lowest BCUT2D eigenvalue weighted by atomic mass is 10.1. The van der Waals surface area contributed by atoms with E-state index in [2.05, 4.69) is 10.6 Å². The first-order chi connectivity index (χ1) is 11.0. The summed E-state index contributed by atoms with van der Waals surface area (Å²) in [4.78, 5) is 12.1. The molecule has 0 saturated heterocycles. The van der Waals surface area contributed by atoms with Crippen molar-refractivity contribution in [2.45, 2.75) is 13.5 Å². The van der Waals surface area contributed by atoms with E-state index in [0.29, 0.717) is 28.8 Å². The summed E-state index contributed by atoms with van der Waals surface area (Å²) >= 11 is 6.06. The standard InChI is InChI=1S/C17H19ClN2O3/c1-11-8-15(22-2)16(23-3)9-14(11)20-17(21)19-10-12-6-4-5-7-13(12)18/h4-9H,10H2,1-3H3,(H2,19,20,21). The molecule has 5 nitrogen and oxygen atoms in total. The third-order valence-electron chi connectivity index (χ3n) is 3.38. The Hall–Kier alpha value is -2.40. The molecule has 0 radical (unpaired) electrons. The maximum Gasteiger partial charge on any atom is 0.319 e. The van der Waals surface area contributed by atoms with Crippen LogP contribution in [0.1, 0.15) is 11.1 Å². The molecule has 0 atom stereocenters. The SMILES string of the molecule is COc1cc(C)c(NC(=O)NCc2ccccc2Cl)cc1OC. The summed E-state index contributed by atoms with van der Waals surface area (Å²) in [5, 5.41) is 6.19. The van der Waals surface area contributed by atoms with E-state index < -0.39 is 0 Å². The Balaban J connectivity index is 2.04. The molecule has 0 aliphatic carbocycles. The van der Waals surface area contributed by atoms with Gasteiger partial charge in [0.15, 0.2) is 11.5 Å². The number of anilines is 1. The molecule has 0 bridgehead atoms. The fraction of sp³-hybridized carbons (Fsp3) is 0.235. The molecule has 2 rings (SSSR count). The van der Waals surface area contributed by atoms with Crippen LogP contribution in [0.15, 0.2) is 36.4 Å². The smallest absolute Gasteiger partial charge is 0.319 e. The van der Waals surface area contributed by atoms with Gasteiger partial charge in [-0.3, -0.25) is 0 Å². The van der Waals surface area contributed by atoms with E-state index in [0.717, 1.165) is 11.1 Å². The number of benzene rings is 2. The Kier molecular flexibility index (Phi) is 5.71. The van der Waals surface area contributed by atoms with Crippen LogP contribution in [-0.2, 0) is 6.54 Å². The largest absolute Gasteiger partial charge is 0.493 e. The van der Waals surface area contributed by atoms with Crippen molar-refractivity contribution in [1.82, 2.24) is 5.32 Å². The molecule has 0 spiro atoms. The summed E-state index contributed by atoms with van der Waals surface area (Å²) in [5.41, 5.74) is 2.38. The molecule has 0 aliphatic heterocycles. The van der Waals surface area contributed by atoms with E-state index in [1.54, 1.807) is 26.4 Å². The van der Waals surface area contributed by atoms with Gasteiger partial charge >= 0.3 is 6.03 Å². The first-order valence-corrected chi connectivity index (χ1v) is 7.43. The van der Waals surface area contributed by atoms with E-state index in [1.165, 1.54) is 0 Å². The van der Waals surface area contributed by atoms with Gasteiger partial charge in [-0.2, -0.15) is 0 Å². The number of methoxy groups -OCH3 is 2. The number of amides is 2. The molecule has 0 aromatic heterocycles. The maximum absolute atomic E-state index is 12.1. The van der Waals surface area contributed by atoms with Crippen molar-refractivity contribution in [3.63, 3.8) is 0 Å². The molecule has 122 valence electrons. The molecule has 23 heavy (non-hydrogen) atoms. The van der Waals surface area contributed by atoms with Crippen LogP contribution in [0.5, 0.6) is 11.5 Å². The summed E-state index contributed by atoms with van der Waals surface area (Å²) < 4.78 is 10.5. The van der Waals surface area contributed by atoms with Crippen molar-refractivity contribution >= 4 is 23.3 Å². The third-order valence-corrected chi connectivity index (χ3v) is 3.74. The average molecular weight is 335 g/mol. The third kappa shape index (κ3) is 4.29. The number of carbonyl (C=O) groups is 1. The number of rotatable bonds is 5. The summed E-state index contributed by atoms with van der Waals surface area (Å²) in [5.74, 6) is 1.17. The van der Waals surface area contributed by atoms with E-state index in [9.17, 15) is 4.79 Å². The number of ether oxygens (including phenoxy) is 2. The Labute approximate surface area is 140 Å². The van der Waals surface area contributed by atoms with Crippen LogP contribution < -0.4 is 20.1 Å².